The molecule has 0 unspecified atom stereocenters. The van der Waals surface area contributed by atoms with Gasteiger partial charge in [0.15, 0.2) is 0 Å². The lowest BCUT2D eigenvalue weighted by molar-refractivity contribution is -0.388. The predicted octanol–water partition coefficient (Wildman–Crippen LogP) is 2.24. The summed E-state index contributed by atoms with van der Waals surface area (Å²) in [5, 5.41) is 14.1. The Morgan fingerprint density at radius 1 is 1.59 bits per heavy atom. The van der Waals surface area contributed by atoms with Gasteiger partial charge in [0.25, 0.3) is 0 Å². The monoisotopic (exact) mass is 238 g/mol. The quantitative estimate of drug-likeness (QED) is 0.645. The van der Waals surface area contributed by atoms with E-state index in [1.807, 2.05) is 0 Å². The molecule has 17 heavy (non-hydrogen) atoms. The molecule has 0 aromatic carbocycles. The smallest absolute Gasteiger partial charge is 0.364 e. The first-order valence-corrected chi connectivity index (χ1v) is 5.84. The number of aromatic nitrogens is 2. The minimum atomic E-state index is -0.432. The highest BCUT2D eigenvalue weighted by Gasteiger charge is 2.33. The van der Waals surface area contributed by atoms with Crippen molar-refractivity contribution >= 4 is 11.6 Å². The maximum absolute atomic E-state index is 10.9. The number of hydrogen-bond donors (Lipinski definition) is 1. The molecule has 0 amide bonds. The van der Waals surface area contributed by atoms with Gasteiger partial charge in [-0.2, -0.15) is 0 Å². The molecular formula is C11H18N4O2. The van der Waals surface area contributed by atoms with Crippen molar-refractivity contribution in [2.45, 2.75) is 33.1 Å². The summed E-state index contributed by atoms with van der Waals surface area (Å²) in [4.78, 5) is 14.4. The summed E-state index contributed by atoms with van der Waals surface area (Å²) in [6.07, 6.45) is 3.62. The van der Waals surface area contributed by atoms with Crippen molar-refractivity contribution in [1.29, 1.82) is 0 Å². The Morgan fingerprint density at radius 3 is 2.71 bits per heavy atom. The Balaban J connectivity index is 2.16. The fraction of sp³-hybridized carbons (Fsp3) is 0.727. The molecule has 6 nitrogen and oxygen atoms in total. The highest BCUT2D eigenvalue weighted by Crippen LogP contribution is 2.40. The van der Waals surface area contributed by atoms with Crippen molar-refractivity contribution in [1.82, 2.24) is 9.55 Å². The number of nitro groups is 1. The Morgan fingerprint density at radius 2 is 2.24 bits per heavy atom. The molecule has 1 fully saturated rings. The largest absolute Gasteiger partial charge is 0.406 e. The molecule has 1 aromatic rings. The molecule has 1 aliphatic rings. The Bertz CT molecular complexity index is 449. The van der Waals surface area contributed by atoms with Crippen LogP contribution in [0, 0.1) is 22.5 Å². The van der Waals surface area contributed by atoms with Crippen molar-refractivity contribution in [2.24, 2.45) is 12.5 Å². The average molecular weight is 238 g/mol. The van der Waals surface area contributed by atoms with Crippen molar-refractivity contribution in [3.63, 3.8) is 0 Å². The molecule has 0 atom stereocenters. The van der Waals surface area contributed by atoms with Crippen molar-refractivity contribution in [2.75, 3.05) is 11.9 Å². The standard InChI is InChI=1S/C11H18N4O2/c1-8-13-10(15(16)17)9(14(8)3)12-7-11(2)5-4-6-11/h12H,4-7H2,1-3H3. The topological polar surface area (TPSA) is 73.0 Å². The zero-order valence-electron chi connectivity index (χ0n) is 10.5. The first-order valence-electron chi connectivity index (χ1n) is 5.84. The third kappa shape index (κ3) is 2.11. The fourth-order valence-corrected chi connectivity index (χ4v) is 2.17. The lowest BCUT2D eigenvalue weighted by Crippen LogP contribution is -2.33. The van der Waals surface area contributed by atoms with E-state index in [0.717, 1.165) is 6.54 Å². The molecular weight excluding hydrogens is 220 g/mol. The fourth-order valence-electron chi connectivity index (χ4n) is 2.17. The second kappa shape index (κ2) is 4.01. The molecule has 1 N–H and O–H groups in total. The number of imidazole rings is 1. The summed E-state index contributed by atoms with van der Waals surface area (Å²) >= 11 is 0. The summed E-state index contributed by atoms with van der Waals surface area (Å²) in [5.41, 5.74) is 0.284. The molecule has 0 saturated heterocycles. The zero-order valence-corrected chi connectivity index (χ0v) is 10.5. The molecule has 2 rings (SSSR count). The number of aryl methyl sites for hydroxylation is 1. The third-order valence-electron chi connectivity index (χ3n) is 3.72. The third-order valence-corrected chi connectivity index (χ3v) is 3.72. The van der Waals surface area contributed by atoms with Crippen LogP contribution in [0.5, 0.6) is 0 Å². The number of nitrogens with one attached hydrogen (secondary N) is 1. The van der Waals surface area contributed by atoms with Crippen LogP contribution in [0.25, 0.3) is 0 Å². The van der Waals surface area contributed by atoms with Gasteiger partial charge in [0.05, 0.1) is 0 Å². The van der Waals surface area contributed by atoms with Crippen molar-refractivity contribution < 1.29 is 4.92 Å². The van der Waals surface area contributed by atoms with Crippen LogP contribution >= 0.6 is 0 Å². The summed E-state index contributed by atoms with van der Waals surface area (Å²) in [6, 6.07) is 0. The van der Waals surface area contributed by atoms with Crippen molar-refractivity contribution in [3.05, 3.63) is 15.9 Å². The van der Waals surface area contributed by atoms with Crippen LogP contribution in [0.3, 0.4) is 0 Å². The summed E-state index contributed by atoms with van der Waals surface area (Å²) in [5.74, 6) is 1.09. The van der Waals surface area contributed by atoms with Gasteiger partial charge >= 0.3 is 5.82 Å². The number of rotatable bonds is 4. The second-order valence-electron chi connectivity index (χ2n) is 5.17. The van der Waals surface area contributed by atoms with Gasteiger partial charge in [-0.3, -0.25) is 4.57 Å². The molecule has 0 aliphatic heterocycles. The second-order valence-corrected chi connectivity index (χ2v) is 5.17. The van der Waals surface area contributed by atoms with Gasteiger partial charge in [0, 0.05) is 20.5 Å². The minimum absolute atomic E-state index is 0.0760. The zero-order chi connectivity index (χ0) is 12.6. The number of nitrogens with zero attached hydrogens (tertiary/aromatic N) is 3. The van der Waals surface area contributed by atoms with Crippen LogP contribution in [0.15, 0.2) is 0 Å². The van der Waals surface area contributed by atoms with Crippen LogP contribution in [-0.2, 0) is 7.05 Å². The summed E-state index contributed by atoms with van der Waals surface area (Å²) in [7, 11) is 1.79. The highest BCUT2D eigenvalue weighted by atomic mass is 16.6. The minimum Gasteiger partial charge on any atom is -0.364 e. The number of anilines is 1. The molecule has 1 heterocycles. The SMILES string of the molecule is Cc1nc([N+](=O)[O-])c(NCC2(C)CCC2)n1C. The maximum Gasteiger partial charge on any atom is 0.406 e. The molecule has 94 valence electrons. The predicted molar refractivity (Wildman–Crippen MR) is 65.0 cm³/mol. The van der Waals surface area contributed by atoms with Gasteiger partial charge in [0.2, 0.25) is 11.6 Å². The summed E-state index contributed by atoms with van der Waals surface area (Å²) in [6.45, 7) is 4.74. The highest BCUT2D eigenvalue weighted by molar-refractivity contribution is 5.53. The molecule has 1 aromatic heterocycles. The van der Waals surface area contributed by atoms with Crippen LogP contribution in [0.2, 0.25) is 0 Å². The maximum atomic E-state index is 10.9. The van der Waals surface area contributed by atoms with Gasteiger partial charge in [-0.1, -0.05) is 13.3 Å². The first kappa shape index (κ1) is 11.9. The van der Waals surface area contributed by atoms with Crippen LogP contribution < -0.4 is 5.32 Å². The average Bonchev–Trinajstić information content (AvgIpc) is 2.51. The molecule has 1 saturated carbocycles. The first-order chi connectivity index (χ1) is 7.93. The Hall–Kier alpha value is -1.59. The Kier molecular flexibility index (Phi) is 2.81. The van der Waals surface area contributed by atoms with E-state index in [4.69, 9.17) is 0 Å². The van der Waals surface area contributed by atoms with Gasteiger partial charge in [0.1, 0.15) is 0 Å². The Labute approximate surface area is 100 Å². The number of hydrogen-bond acceptors (Lipinski definition) is 4. The lowest BCUT2D eigenvalue weighted by atomic mass is 9.70. The van der Waals surface area contributed by atoms with E-state index in [2.05, 4.69) is 17.2 Å². The van der Waals surface area contributed by atoms with E-state index in [-0.39, 0.29) is 11.2 Å². The van der Waals surface area contributed by atoms with E-state index in [1.165, 1.54) is 19.3 Å². The molecule has 0 bridgehead atoms. The van der Waals surface area contributed by atoms with Crippen molar-refractivity contribution in [3.8, 4) is 0 Å². The van der Waals surface area contributed by atoms with Crippen LogP contribution in [0.4, 0.5) is 11.6 Å². The normalized spacial score (nSPS) is 17.6. The summed E-state index contributed by atoms with van der Waals surface area (Å²) < 4.78 is 1.74. The van der Waals surface area contributed by atoms with Gasteiger partial charge in [-0.25, -0.2) is 0 Å². The van der Waals surface area contributed by atoms with E-state index in [1.54, 1.807) is 18.5 Å². The van der Waals surface area contributed by atoms with E-state index >= 15 is 0 Å². The lowest BCUT2D eigenvalue weighted by Gasteiger charge is -2.38. The molecule has 1 aliphatic carbocycles. The van der Waals surface area contributed by atoms with Crippen LogP contribution in [0.1, 0.15) is 32.0 Å². The van der Waals surface area contributed by atoms with Crippen LogP contribution in [-0.4, -0.2) is 21.0 Å². The van der Waals surface area contributed by atoms with Gasteiger partial charge < -0.3 is 15.4 Å². The molecule has 0 radical (unpaired) electrons. The molecule has 0 spiro atoms. The molecule has 6 heteroatoms. The van der Waals surface area contributed by atoms with E-state index in [0.29, 0.717) is 11.6 Å². The van der Waals surface area contributed by atoms with Gasteiger partial charge in [-0.15, -0.1) is 0 Å². The van der Waals surface area contributed by atoms with E-state index < -0.39 is 4.92 Å². The van der Waals surface area contributed by atoms with Gasteiger partial charge in [-0.05, 0) is 28.2 Å². The van der Waals surface area contributed by atoms with E-state index in [9.17, 15) is 10.1 Å².